The molecule has 3 rings (SSSR count). The molecule has 30 heavy (non-hydrogen) atoms. The number of hydrogen-bond acceptors (Lipinski definition) is 3. The maximum atomic E-state index is 13.3. The van der Waals surface area contributed by atoms with E-state index in [4.69, 9.17) is 0 Å². The van der Waals surface area contributed by atoms with Crippen molar-refractivity contribution in [2.45, 2.75) is 64.3 Å². The number of benzene rings is 1. The van der Waals surface area contributed by atoms with E-state index in [0.717, 1.165) is 64.0 Å². The molecule has 0 spiro atoms. The van der Waals surface area contributed by atoms with Crippen molar-refractivity contribution in [1.29, 1.82) is 0 Å². The smallest absolute Gasteiger partial charge is 0.239 e. The Hall–Kier alpha value is -1.88. The fraction of sp³-hybridized carbons (Fsp3) is 0.680. The van der Waals surface area contributed by atoms with Gasteiger partial charge >= 0.3 is 0 Å². The average molecular weight is 414 g/mol. The molecule has 1 saturated heterocycles. The van der Waals surface area contributed by atoms with E-state index < -0.39 is 0 Å². The summed E-state index contributed by atoms with van der Waals surface area (Å²) in [4.78, 5) is 32.8. The zero-order valence-electron chi connectivity index (χ0n) is 19.1. The highest BCUT2D eigenvalue weighted by Crippen LogP contribution is 2.32. The number of carbonyl (C=O) groups is 2. The standard InChI is InChI=1S/C25H39N3O2/c1-4-15-26(3)25(30)23(21-13-9-10-14-21)27-16-18-28(19-17-27)24(29)22(5-2)20-11-7-6-8-12-20/h6-8,11-12,21-23H,4-5,9-10,13-19H2,1-3H3/t22-,23-/m0/s1. The van der Waals surface area contributed by atoms with Gasteiger partial charge in [-0.2, -0.15) is 0 Å². The Balaban J connectivity index is 1.65. The van der Waals surface area contributed by atoms with Crippen molar-refractivity contribution in [1.82, 2.24) is 14.7 Å². The predicted octanol–water partition coefficient (Wildman–Crippen LogP) is 3.75. The van der Waals surface area contributed by atoms with Crippen LogP contribution >= 0.6 is 0 Å². The number of nitrogens with zero attached hydrogens (tertiary/aromatic N) is 3. The van der Waals surface area contributed by atoms with Gasteiger partial charge < -0.3 is 9.80 Å². The van der Waals surface area contributed by atoms with Crippen LogP contribution in [0.5, 0.6) is 0 Å². The molecule has 0 radical (unpaired) electrons. The molecular weight excluding hydrogens is 374 g/mol. The molecular formula is C25H39N3O2. The van der Waals surface area contributed by atoms with E-state index in [9.17, 15) is 9.59 Å². The summed E-state index contributed by atoms with van der Waals surface area (Å²) in [6.45, 7) is 8.05. The second-order valence-corrected chi connectivity index (χ2v) is 8.98. The number of piperazine rings is 1. The van der Waals surface area contributed by atoms with Crippen molar-refractivity contribution in [2.75, 3.05) is 39.8 Å². The van der Waals surface area contributed by atoms with Crippen LogP contribution in [-0.4, -0.2) is 72.3 Å². The number of likely N-dealkylation sites (N-methyl/N-ethyl adjacent to an activating group) is 1. The van der Waals surface area contributed by atoms with Gasteiger partial charge in [-0.1, -0.05) is 57.0 Å². The lowest BCUT2D eigenvalue weighted by Crippen LogP contribution is -2.58. The highest BCUT2D eigenvalue weighted by Gasteiger charge is 2.39. The molecule has 166 valence electrons. The summed E-state index contributed by atoms with van der Waals surface area (Å²) in [6, 6.07) is 10.1. The molecule has 1 heterocycles. The Morgan fingerprint density at radius 3 is 2.23 bits per heavy atom. The van der Waals surface area contributed by atoms with E-state index in [-0.39, 0.29) is 23.8 Å². The van der Waals surface area contributed by atoms with Gasteiger partial charge in [0.05, 0.1) is 12.0 Å². The first-order chi connectivity index (χ1) is 14.6. The van der Waals surface area contributed by atoms with Crippen LogP contribution in [0.15, 0.2) is 30.3 Å². The highest BCUT2D eigenvalue weighted by atomic mass is 16.2. The molecule has 5 nitrogen and oxygen atoms in total. The van der Waals surface area contributed by atoms with Crippen molar-refractivity contribution >= 4 is 11.8 Å². The Morgan fingerprint density at radius 2 is 1.67 bits per heavy atom. The molecule has 0 unspecified atom stereocenters. The van der Waals surface area contributed by atoms with Crippen LogP contribution in [0.1, 0.15) is 63.9 Å². The van der Waals surface area contributed by atoms with Crippen LogP contribution in [0.25, 0.3) is 0 Å². The minimum absolute atomic E-state index is 0.0163. The third-order valence-electron chi connectivity index (χ3n) is 6.96. The number of amides is 2. The maximum Gasteiger partial charge on any atom is 0.239 e. The SMILES string of the molecule is CCCN(C)C(=O)[C@H](C1CCCC1)N1CCN(C(=O)[C@@H](CC)c2ccccc2)CC1. The zero-order valence-corrected chi connectivity index (χ0v) is 19.1. The lowest BCUT2D eigenvalue weighted by Gasteiger charge is -2.42. The third kappa shape index (κ3) is 5.23. The monoisotopic (exact) mass is 413 g/mol. The van der Waals surface area contributed by atoms with Gasteiger partial charge in [0.1, 0.15) is 0 Å². The zero-order chi connectivity index (χ0) is 21.5. The highest BCUT2D eigenvalue weighted by molar-refractivity contribution is 5.84. The normalized spacial score (nSPS) is 20.2. The molecule has 0 bridgehead atoms. The Bertz CT molecular complexity index is 679. The molecule has 2 amide bonds. The van der Waals surface area contributed by atoms with Crippen molar-refractivity contribution in [2.24, 2.45) is 5.92 Å². The van der Waals surface area contributed by atoms with E-state index in [1.807, 2.05) is 35.0 Å². The quantitative estimate of drug-likeness (QED) is 0.652. The van der Waals surface area contributed by atoms with Crippen LogP contribution in [0.2, 0.25) is 0 Å². The van der Waals surface area contributed by atoms with Gasteiger partial charge in [-0.3, -0.25) is 14.5 Å². The van der Waals surface area contributed by atoms with Crippen LogP contribution < -0.4 is 0 Å². The van der Waals surface area contributed by atoms with E-state index in [1.165, 1.54) is 12.8 Å². The fourth-order valence-corrected chi connectivity index (χ4v) is 5.28. The van der Waals surface area contributed by atoms with Gasteiger partial charge in [0.15, 0.2) is 0 Å². The molecule has 2 aliphatic rings. The molecule has 1 saturated carbocycles. The first-order valence-electron chi connectivity index (χ1n) is 11.9. The van der Waals surface area contributed by atoms with Crippen LogP contribution in [0.3, 0.4) is 0 Å². The molecule has 2 fully saturated rings. The van der Waals surface area contributed by atoms with Crippen molar-refractivity contribution in [3.05, 3.63) is 35.9 Å². The first-order valence-corrected chi connectivity index (χ1v) is 11.9. The molecule has 0 N–H and O–H groups in total. The minimum atomic E-state index is -0.0688. The summed E-state index contributed by atoms with van der Waals surface area (Å²) in [7, 11) is 1.94. The number of carbonyl (C=O) groups excluding carboxylic acids is 2. The fourth-order valence-electron chi connectivity index (χ4n) is 5.28. The summed E-state index contributed by atoms with van der Waals surface area (Å²) in [6.07, 6.45) is 6.58. The van der Waals surface area contributed by atoms with Crippen molar-refractivity contribution in [3.63, 3.8) is 0 Å². The van der Waals surface area contributed by atoms with Crippen molar-refractivity contribution < 1.29 is 9.59 Å². The van der Waals surface area contributed by atoms with Gasteiger partial charge in [0.2, 0.25) is 11.8 Å². The van der Waals surface area contributed by atoms with Gasteiger partial charge in [0, 0.05) is 39.8 Å². The number of rotatable bonds is 8. The summed E-state index contributed by atoms with van der Waals surface area (Å²) in [5.41, 5.74) is 1.10. The first kappa shape index (κ1) is 22.8. The van der Waals surface area contributed by atoms with Gasteiger partial charge in [-0.15, -0.1) is 0 Å². The summed E-state index contributed by atoms with van der Waals surface area (Å²) in [5, 5.41) is 0. The molecule has 1 aromatic rings. The van der Waals surface area contributed by atoms with E-state index in [1.54, 1.807) is 0 Å². The second-order valence-electron chi connectivity index (χ2n) is 8.98. The Kier molecular flexibility index (Phi) is 8.32. The Morgan fingerprint density at radius 1 is 1.03 bits per heavy atom. The van der Waals surface area contributed by atoms with Gasteiger partial charge in [0.25, 0.3) is 0 Å². The molecule has 0 aromatic heterocycles. The van der Waals surface area contributed by atoms with Crippen LogP contribution in [0, 0.1) is 5.92 Å². The molecule has 5 heteroatoms. The largest absolute Gasteiger partial charge is 0.344 e. The minimum Gasteiger partial charge on any atom is -0.344 e. The lowest BCUT2D eigenvalue weighted by atomic mass is 9.93. The van der Waals surface area contributed by atoms with E-state index in [0.29, 0.717) is 5.92 Å². The lowest BCUT2D eigenvalue weighted by molar-refractivity contribution is -0.141. The van der Waals surface area contributed by atoms with Gasteiger partial charge in [-0.25, -0.2) is 0 Å². The predicted molar refractivity (Wildman–Crippen MR) is 121 cm³/mol. The second kappa shape index (κ2) is 10.9. The van der Waals surface area contributed by atoms with Crippen molar-refractivity contribution in [3.8, 4) is 0 Å². The average Bonchev–Trinajstić information content (AvgIpc) is 3.30. The van der Waals surface area contributed by atoms with Crippen LogP contribution in [-0.2, 0) is 9.59 Å². The van der Waals surface area contributed by atoms with Gasteiger partial charge in [-0.05, 0) is 37.2 Å². The molecule has 1 aliphatic carbocycles. The van der Waals surface area contributed by atoms with E-state index in [2.05, 4.69) is 30.9 Å². The summed E-state index contributed by atoms with van der Waals surface area (Å²) < 4.78 is 0. The summed E-state index contributed by atoms with van der Waals surface area (Å²) in [5.74, 6) is 0.905. The molecule has 1 aliphatic heterocycles. The summed E-state index contributed by atoms with van der Waals surface area (Å²) >= 11 is 0. The Labute approximate surface area is 182 Å². The van der Waals surface area contributed by atoms with E-state index >= 15 is 0 Å². The topological polar surface area (TPSA) is 43.9 Å². The maximum absolute atomic E-state index is 13.3. The van der Waals surface area contributed by atoms with Crippen LogP contribution in [0.4, 0.5) is 0 Å². The molecule has 2 atom stereocenters. The molecule has 1 aromatic carbocycles. The number of hydrogen-bond donors (Lipinski definition) is 0. The third-order valence-corrected chi connectivity index (χ3v) is 6.96.